The Labute approximate surface area is 161 Å². The molecule has 0 aliphatic carbocycles. The molecule has 0 heterocycles. The van der Waals surface area contributed by atoms with E-state index in [1.54, 1.807) is 18.2 Å². The van der Waals surface area contributed by atoms with Crippen molar-refractivity contribution < 1.29 is 23.8 Å². The summed E-state index contributed by atoms with van der Waals surface area (Å²) in [5.74, 6) is 0.773. The molecule has 148 valence electrons. The van der Waals surface area contributed by atoms with Gasteiger partial charge in [0.05, 0.1) is 19.8 Å². The summed E-state index contributed by atoms with van der Waals surface area (Å²) in [6.07, 6.45) is 4.50. The molecule has 1 aromatic carbocycles. The second-order valence-electron chi connectivity index (χ2n) is 7.07. The van der Waals surface area contributed by atoms with E-state index in [-0.39, 0.29) is 11.8 Å². The Hall–Kier alpha value is -2.76. The first-order chi connectivity index (χ1) is 12.6. The molecule has 0 aliphatic heterocycles. The lowest BCUT2D eigenvalue weighted by atomic mass is 10.0. The Bertz CT molecular complexity index is 716. The minimum Gasteiger partial charge on any atom is -0.496 e. The highest BCUT2D eigenvalue weighted by Gasteiger charge is 2.20. The van der Waals surface area contributed by atoms with Crippen LogP contribution < -0.4 is 14.8 Å². The van der Waals surface area contributed by atoms with Gasteiger partial charge < -0.3 is 19.5 Å². The van der Waals surface area contributed by atoms with E-state index in [1.165, 1.54) is 26.4 Å². The summed E-state index contributed by atoms with van der Waals surface area (Å²) >= 11 is 0. The van der Waals surface area contributed by atoms with Gasteiger partial charge in [-0.3, -0.25) is 4.79 Å². The molecule has 6 nitrogen and oxygen atoms in total. The SMILES string of the molecule is C=C/C=C/C(=O)c1cc(OC)c(CC(C)NC(=O)OC(C)(C)C)cc1OC. The monoisotopic (exact) mass is 375 g/mol. The van der Waals surface area contributed by atoms with Crippen LogP contribution in [0.2, 0.25) is 0 Å². The van der Waals surface area contributed by atoms with Crippen LogP contribution in [0, 0.1) is 0 Å². The normalized spacial score (nSPS) is 12.4. The van der Waals surface area contributed by atoms with Crippen LogP contribution in [-0.2, 0) is 11.2 Å². The Morgan fingerprint density at radius 3 is 2.33 bits per heavy atom. The van der Waals surface area contributed by atoms with E-state index in [9.17, 15) is 9.59 Å². The second-order valence-corrected chi connectivity index (χ2v) is 7.07. The highest BCUT2D eigenvalue weighted by Crippen LogP contribution is 2.30. The maximum absolute atomic E-state index is 12.3. The molecule has 1 N–H and O–H groups in total. The molecule has 0 aliphatic rings. The lowest BCUT2D eigenvalue weighted by Gasteiger charge is -2.22. The molecule has 1 amide bonds. The molecule has 0 radical (unpaired) electrons. The largest absolute Gasteiger partial charge is 0.496 e. The lowest BCUT2D eigenvalue weighted by Crippen LogP contribution is -2.38. The van der Waals surface area contributed by atoms with Crippen LogP contribution in [0.15, 0.2) is 36.9 Å². The van der Waals surface area contributed by atoms with Gasteiger partial charge in [-0.15, -0.1) is 0 Å². The molecule has 0 fully saturated rings. The van der Waals surface area contributed by atoms with E-state index in [4.69, 9.17) is 14.2 Å². The van der Waals surface area contributed by atoms with Crippen LogP contribution in [-0.4, -0.2) is 37.7 Å². The zero-order chi connectivity index (χ0) is 20.6. The average molecular weight is 375 g/mol. The molecule has 1 rings (SSSR count). The van der Waals surface area contributed by atoms with Crippen molar-refractivity contribution in [1.82, 2.24) is 5.32 Å². The fourth-order valence-electron chi connectivity index (χ4n) is 2.45. The molecule has 0 bridgehead atoms. The van der Waals surface area contributed by atoms with E-state index < -0.39 is 11.7 Å². The topological polar surface area (TPSA) is 73.9 Å². The number of ether oxygens (including phenoxy) is 3. The molecule has 0 saturated heterocycles. The van der Waals surface area contributed by atoms with E-state index in [2.05, 4.69) is 11.9 Å². The van der Waals surface area contributed by atoms with E-state index >= 15 is 0 Å². The van der Waals surface area contributed by atoms with Crippen LogP contribution in [0.5, 0.6) is 11.5 Å². The van der Waals surface area contributed by atoms with Crippen molar-refractivity contribution in [1.29, 1.82) is 0 Å². The van der Waals surface area contributed by atoms with Gasteiger partial charge in [0.15, 0.2) is 5.78 Å². The first kappa shape index (κ1) is 22.3. The van der Waals surface area contributed by atoms with Gasteiger partial charge >= 0.3 is 6.09 Å². The van der Waals surface area contributed by atoms with Crippen molar-refractivity contribution in [2.45, 2.75) is 45.8 Å². The minimum absolute atomic E-state index is 0.208. The number of carbonyl (C=O) groups excluding carboxylic acids is 2. The summed E-state index contributed by atoms with van der Waals surface area (Å²) in [4.78, 5) is 24.3. The van der Waals surface area contributed by atoms with Crippen molar-refractivity contribution >= 4 is 11.9 Å². The summed E-state index contributed by atoms with van der Waals surface area (Å²) in [5.41, 5.74) is 0.636. The molecular formula is C21H29NO5. The quantitative estimate of drug-likeness (QED) is 0.421. The molecule has 1 unspecified atom stereocenters. The summed E-state index contributed by atoms with van der Waals surface area (Å²) < 4.78 is 16.1. The van der Waals surface area contributed by atoms with Gasteiger partial charge in [-0.05, 0) is 57.9 Å². The number of nitrogens with one attached hydrogen (secondary N) is 1. The van der Waals surface area contributed by atoms with Crippen LogP contribution in [0.3, 0.4) is 0 Å². The van der Waals surface area contributed by atoms with Gasteiger partial charge in [-0.1, -0.05) is 18.7 Å². The second kappa shape index (κ2) is 9.80. The van der Waals surface area contributed by atoms with Crippen molar-refractivity contribution in [3.8, 4) is 11.5 Å². The smallest absolute Gasteiger partial charge is 0.407 e. The average Bonchev–Trinajstić information content (AvgIpc) is 2.57. The van der Waals surface area contributed by atoms with Gasteiger partial charge in [0, 0.05) is 6.04 Å². The molecular weight excluding hydrogens is 346 g/mol. The van der Waals surface area contributed by atoms with Crippen LogP contribution in [0.1, 0.15) is 43.6 Å². The zero-order valence-corrected chi connectivity index (χ0v) is 16.9. The summed E-state index contributed by atoms with van der Waals surface area (Å²) in [7, 11) is 3.03. The van der Waals surface area contributed by atoms with Gasteiger partial charge in [0.1, 0.15) is 17.1 Å². The van der Waals surface area contributed by atoms with Crippen molar-refractivity contribution in [3.63, 3.8) is 0 Å². The third-order valence-corrected chi connectivity index (χ3v) is 3.54. The van der Waals surface area contributed by atoms with Crippen LogP contribution >= 0.6 is 0 Å². The predicted octanol–water partition coefficient (Wildman–Crippen LogP) is 4.08. The number of benzene rings is 1. The number of carbonyl (C=O) groups is 2. The predicted molar refractivity (Wildman–Crippen MR) is 106 cm³/mol. The van der Waals surface area contributed by atoms with Gasteiger partial charge in [0.2, 0.25) is 0 Å². The maximum Gasteiger partial charge on any atom is 0.407 e. The summed E-state index contributed by atoms with van der Waals surface area (Å²) in [6, 6.07) is 3.19. The highest BCUT2D eigenvalue weighted by atomic mass is 16.6. The molecule has 1 atom stereocenters. The molecule has 6 heteroatoms. The number of amides is 1. The highest BCUT2D eigenvalue weighted by molar-refractivity contribution is 6.07. The van der Waals surface area contributed by atoms with Crippen LogP contribution in [0.4, 0.5) is 4.79 Å². The fraction of sp³-hybridized carbons (Fsp3) is 0.429. The summed E-state index contributed by atoms with van der Waals surface area (Å²) in [5, 5.41) is 2.79. The molecule has 27 heavy (non-hydrogen) atoms. The van der Waals surface area contributed by atoms with E-state index in [0.717, 1.165) is 5.56 Å². The van der Waals surface area contributed by atoms with Crippen LogP contribution in [0.25, 0.3) is 0 Å². The number of hydrogen-bond acceptors (Lipinski definition) is 5. The van der Waals surface area contributed by atoms with Gasteiger partial charge in [-0.2, -0.15) is 0 Å². The zero-order valence-electron chi connectivity index (χ0n) is 16.9. The lowest BCUT2D eigenvalue weighted by molar-refractivity contribution is 0.0508. The number of methoxy groups -OCH3 is 2. The number of allylic oxidation sites excluding steroid dienone is 3. The Kier molecular flexibility index (Phi) is 8.09. The third kappa shape index (κ3) is 7.17. The van der Waals surface area contributed by atoms with Crippen molar-refractivity contribution in [2.24, 2.45) is 0 Å². The number of rotatable bonds is 8. The third-order valence-electron chi connectivity index (χ3n) is 3.54. The number of hydrogen-bond donors (Lipinski definition) is 1. The molecule has 0 saturated carbocycles. The van der Waals surface area contributed by atoms with Gasteiger partial charge in [0.25, 0.3) is 0 Å². The Balaban J connectivity index is 3.04. The molecule has 1 aromatic rings. The van der Waals surface area contributed by atoms with Crippen molar-refractivity contribution in [2.75, 3.05) is 14.2 Å². The first-order valence-corrected chi connectivity index (χ1v) is 8.69. The fourth-order valence-corrected chi connectivity index (χ4v) is 2.45. The molecule has 0 aromatic heterocycles. The van der Waals surface area contributed by atoms with Crippen molar-refractivity contribution in [3.05, 3.63) is 48.1 Å². The molecule has 0 spiro atoms. The standard InChI is InChI=1S/C21H29NO5/c1-8-9-10-17(23)16-13-18(25-6)15(12-19(16)26-7)11-14(2)22-20(24)27-21(3,4)5/h8-10,12-14H,1,11H2,2-7H3,(H,22,24)/b10-9+. The van der Waals surface area contributed by atoms with E-state index in [0.29, 0.717) is 23.5 Å². The number of ketones is 1. The van der Waals surface area contributed by atoms with Gasteiger partial charge in [-0.25, -0.2) is 4.79 Å². The first-order valence-electron chi connectivity index (χ1n) is 8.69. The number of alkyl carbamates (subject to hydrolysis) is 1. The Morgan fingerprint density at radius 1 is 1.19 bits per heavy atom. The summed E-state index contributed by atoms with van der Waals surface area (Å²) in [6.45, 7) is 10.8. The Morgan fingerprint density at radius 2 is 1.81 bits per heavy atom. The van der Waals surface area contributed by atoms with E-state index in [1.807, 2.05) is 27.7 Å². The maximum atomic E-state index is 12.3. The minimum atomic E-state index is -0.564.